The number of rotatable bonds is 3. The monoisotopic (exact) mass is 382 g/mol. The maximum atomic E-state index is 14.5. The number of ether oxygens (including phenoxy) is 1. The molecule has 0 unspecified atom stereocenters. The number of carbonyl (C=O) groups excluding carboxylic acids is 1. The summed E-state index contributed by atoms with van der Waals surface area (Å²) in [7, 11) is 0. The van der Waals surface area contributed by atoms with Crippen LogP contribution in [0.1, 0.15) is 40.7 Å². The lowest BCUT2D eigenvalue weighted by Crippen LogP contribution is -2.36. The van der Waals surface area contributed by atoms with Gasteiger partial charge in [0.15, 0.2) is 17.0 Å². The Balaban J connectivity index is 1.80. The molecule has 1 aliphatic rings. The second kappa shape index (κ2) is 6.90. The van der Waals surface area contributed by atoms with Crippen LogP contribution in [-0.4, -0.2) is 61.4 Å². The second-order valence-electron chi connectivity index (χ2n) is 7.91. The first-order chi connectivity index (χ1) is 12.5. The Bertz CT molecular complexity index is 848. The summed E-state index contributed by atoms with van der Waals surface area (Å²) in [4.78, 5) is 25.2. The first kappa shape index (κ1) is 19.2. The number of nitrogens with zero attached hydrogens (tertiary/aromatic N) is 5. The van der Waals surface area contributed by atoms with Crippen LogP contribution in [-0.2, 0) is 4.74 Å². The topological polar surface area (TPSA) is 85.2 Å². The Morgan fingerprint density at radius 1 is 1.33 bits per heavy atom. The molecule has 27 heavy (non-hydrogen) atoms. The van der Waals surface area contributed by atoms with Crippen LogP contribution < -0.4 is 5.32 Å². The van der Waals surface area contributed by atoms with Gasteiger partial charge in [0, 0.05) is 12.6 Å². The second-order valence-corrected chi connectivity index (χ2v) is 7.91. The Hall–Kier alpha value is -2.52. The highest BCUT2D eigenvalue weighted by molar-refractivity contribution is 5.83. The zero-order valence-corrected chi connectivity index (χ0v) is 16.0. The maximum Gasteiger partial charge on any atom is 0.410 e. The van der Waals surface area contributed by atoms with E-state index in [0.29, 0.717) is 11.2 Å². The van der Waals surface area contributed by atoms with E-state index < -0.39 is 30.0 Å². The van der Waals surface area contributed by atoms with Crippen molar-refractivity contribution >= 4 is 23.1 Å². The van der Waals surface area contributed by atoms with Crippen LogP contribution in [0, 0.1) is 6.08 Å². The van der Waals surface area contributed by atoms with Gasteiger partial charge in [-0.2, -0.15) is 14.4 Å². The van der Waals surface area contributed by atoms with Crippen LogP contribution in [0.4, 0.5) is 19.4 Å². The molecule has 1 N–H and O–H groups in total. The van der Waals surface area contributed by atoms with Gasteiger partial charge in [-0.15, -0.1) is 0 Å². The van der Waals surface area contributed by atoms with E-state index in [2.05, 4.69) is 20.3 Å². The number of likely N-dealkylation sites (tertiary alicyclic amines) is 1. The number of imidazole rings is 1. The Kier molecular flexibility index (Phi) is 4.92. The lowest BCUT2D eigenvalue weighted by atomic mass is 10.2. The molecule has 0 aromatic carbocycles. The van der Waals surface area contributed by atoms with E-state index in [4.69, 9.17) is 4.74 Å². The van der Waals surface area contributed by atoms with Gasteiger partial charge in [-0.3, -0.25) is 0 Å². The average molecular weight is 382 g/mol. The molecule has 3 rings (SSSR count). The van der Waals surface area contributed by atoms with Crippen molar-refractivity contribution in [2.75, 3.05) is 18.4 Å². The normalized spacial score (nSPS) is 20.5. The van der Waals surface area contributed by atoms with Crippen molar-refractivity contribution in [3.05, 3.63) is 12.4 Å². The van der Waals surface area contributed by atoms with Crippen molar-refractivity contribution in [1.29, 1.82) is 0 Å². The summed E-state index contributed by atoms with van der Waals surface area (Å²) in [5, 5.41) is 2.88. The van der Waals surface area contributed by atoms with Crippen molar-refractivity contribution in [3.8, 4) is 0 Å². The van der Waals surface area contributed by atoms with Crippen LogP contribution >= 0.6 is 0 Å². The van der Waals surface area contributed by atoms with Crippen molar-refractivity contribution in [3.63, 3.8) is 0 Å². The van der Waals surface area contributed by atoms with Crippen LogP contribution in [0.3, 0.4) is 0 Å². The molecule has 8 nitrogen and oxygen atoms in total. The van der Waals surface area contributed by atoms with Crippen molar-refractivity contribution in [2.24, 2.45) is 0 Å². The predicted octanol–water partition coefficient (Wildman–Crippen LogP) is 2.92. The summed E-state index contributed by atoms with van der Waals surface area (Å²) in [6.07, 6.45) is -1.32. The molecule has 148 valence electrons. The molecule has 0 spiro atoms. The number of anilines is 1. The van der Waals surface area contributed by atoms with Gasteiger partial charge in [0.05, 0.1) is 18.9 Å². The number of fused-ring (bicyclic) bond motifs is 1. The van der Waals surface area contributed by atoms with Gasteiger partial charge in [-0.1, -0.05) is 0 Å². The fraction of sp³-hybridized carbons (Fsp3) is 0.647. The number of aromatic nitrogens is 4. The largest absolute Gasteiger partial charge is 0.444 e. The summed E-state index contributed by atoms with van der Waals surface area (Å²) < 4.78 is 35.4. The van der Waals surface area contributed by atoms with Crippen LogP contribution in [0.2, 0.25) is 0 Å². The molecule has 2 aromatic heterocycles. The molecule has 3 heterocycles. The van der Waals surface area contributed by atoms with Gasteiger partial charge in [0.25, 0.3) is 0 Å². The Labute approximate surface area is 155 Å². The zero-order valence-electron chi connectivity index (χ0n) is 16.0. The first-order valence-electron chi connectivity index (χ1n) is 8.84. The summed E-state index contributed by atoms with van der Waals surface area (Å²) >= 11 is 0. The van der Waals surface area contributed by atoms with E-state index in [-0.39, 0.29) is 24.9 Å². The minimum absolute atomic E-state index is 0.0280. The Morgan fingerprint density at radius 2 is 2.04 bits per heavy atom. The highest BCUT2D eigenvalue weighted by atomic mass is 19.1. The molecule has 2 aromatic rings. The Morgan fingerprint density at radius 3 is 2.67 bits per heavy atom. The van der Waals surface area contributed by atoms with Crippen LogP contribution in [0.25, 0.3) is 11.2 Å². The highest BCUT2D eigenvalue weighted by Crippen LogP contribution is 2.25. The SMILES string of the molecule is CC(C)n1cnc2c(N[C@@H]3CN(C(=O)OC(C)(C)C)C[C@H]3F)nc(F)nc21. The molecule has 2 atom stereocenters. The van der Waals surface area contributed by atoms with Gasteiger partial charge >= 0.3 is 12.2 Å². The number of halogens is 2. The van der Waals surface area contributed by atoms with Crippen molar-refractivity contribution < 1.29 is 18.3 Å². The molecule has 0 bridgehead atoms. The summed E-state index contributed by atoms with van der Waals surface area (Å²) in [5.74, 6) is 0.107. The number of nitrogens with one attached hydrogen (secondary N) is 1. The molecular weight excluding hydrogens is 358 g/mol. The summed E-state index contributed by atoms with van der Waals surface area (Å²) in [5.41, 5.74) is 0.0189. The van der Waals surface area contributed by atoms with Gasteiger partial charge in [-0.25, -0.2) is 14.2 Å². The maximum absolute atomic E-state index is 14.5. The van der Waals surface area contributed by atoms with E-state index in [1.807, 2.05) is 13.8 Å². The molecule has 0 aliphatic carbocycles. The number of alkyl halides is 1. The van der Waals surface area contributed by atoms with Crippen molar-refractivity contribution in [2.45, 2.75) is 58.5 Å². The van der Waals surface area contributed by atoms with E-state index in [9.17, 15) is 13.6 Å². The van der Waals surface area contributed by atoms with Gasteiger partial charge in [0.1, 0.15) is 11.8 Å². The molecule has 0 radical (unpaired) electrons. The zero-order chi connectivity index (χ0) is 19.9. The first-order valence-corrected chi connectivity index (χ1v) is 8.84. The third-order valence-electron chi connectivity index (χ3n) is 4.17. The summed E-state index contributed by atoms with van der Waals surface area (Å²) in [6, 6.07) is -0.723. The smallest absolute Gasteiger partial charge is 0.410 e. The molecule has 0 saturated carbocycles. The molecule has 1 saturated heterocycles. The minimum Gasteiger partial charge on any atom is -0.444 e. The third kappa shape index (κ3) is 4.09. The highest BCUT2D eigenvalue weighted by Gasteiger charge is 2.38. The minimum atomic E-state index is -1.35. The van der Waals surface area contributed by atoms with E-state index >= 15 is 0 Å². The number of hydrogen-bond donors (Lipinski definition) is 1. The van der Waals surface area contributed by atoms with E-state index in [1.54, 1.807) is 31.7 Å². The lowest BCUT2D eigenvalue weighted by Gasteiger charge is -2.24. The fourth-order valence-electron chi connectivity index (χ4n) is 2.92. The number of carbonyl (C=O) groups is 1. The molecule has 10 heteroatoms. The predicted molar refractivity (Wildman–Crippen MR) is 95.8 cm³/mol. The summed E-state index contributed by atoms with van der Waals surface area (Å²) in [6.45, 7) is 9.04. The molecule has 1 aliphatic heterocycles. The van der Waals surface area contributed by atoms with E-state index in [1.165, 1.54) is 4.90 Å². The lowest BCUT2D eigenvalue weighted by molar-refractivity contribution is 0.0283. The fourth-order valence-corrected chi connectivity index (χ4v) is 2.92. The van der Waals surface area contributed by atoms with Gasteiger partial charge < -0.3 is 19.5 Å². The van der Waals surface area contributed by atoms with Crippen molar-refractivity contribution in [1.82, 2.24) is 24.4 Å². The van der Waals surface area contributed by atoms with E-state index in [0.717, 1.165) is 0 Å². The van der Waals surface area contributed by atoms with Crippen LogP contribution in [0.5, 0.6) is 0 Å². The molecule has 1 amide bonds. The average Bonchev–Trinajstić information content (AvgIpc) is 3.10. The number of amides is 1. The molecule has 1 fully saturated rings. The van der Waals surface area contributed by atoms with Gasteiger partial charge in [-0.05, 0) is 34.6 Å². The quantitative estimate of drug-likeness (QED) is 0.822. The third-order valence-corrected chi connectivity index (χ3v) is 4.17. The van der Waals surface area contributed by atoms with Gasteiger partial charge in [0.2, 0.25) is 0 Å². The molecular formula is C17H24F2N6O2. The number of hydrogen-bond acceptors (Lipinski definition) is 6. The van der Waals surface area contributed by atoms with Crippen LogP contribution in [0.15, 0.2) is 6.33 Å². The standard InChI is InChI=1S/C17H24F2N6O2/c1-9(2)25-8-20-12-13(22-15(19)23-14(12)25)21-11-7-24(6-10(11)18)16(26)27-17(3,4)5/h8-11H,6-7H2,1-5H3,(H,21,22,23)/t10-,11-/m1/s1.